The van der Waals surface area contributed by atoms with Crippen LogP contribution in [0.4, 0.5) is 4.79 Å². The van der Waals surface area contributed by atoms with E-state index in [0.717, 1.165) is 13.0 Å². The SMILES string of the molecule is CCCCCCCCN(C)C(=O)I. The third-order valence-corrected chi connectivity index (χ3v) is 2.97. The standard InChI is InChI=1S/C10H20INO/c1-3-4-5-6-7-8-9-12(2)10(11)13/h3-9H2,1-2H3. The molecule has 0 rings (SSSR count). The molecule has 0 saturated heterocycles. The highest BCUT2D eigenvalue weighted by Crippen LogP contribution is 2.06. The van der Waals surface area contributed by atoms with E-state index in [-0.39, 0.29) is 3.91 Å². The van der Waals surface area contributed by atoms with Gasteiger partial charge < -0.3 is 4.90 Å². The van der Waals surface area contributed by atoms with Crippen molar-refractivity contribution in [2.24, 2.45) is 0 Å². The molecular weight excluding hydrogens is 277 g/mol. The highest BCUT2D eigenvalue weighted by molar-refractivity contribution is 14.1. The van der Waals surface area contributed by atoms with E-state index in [1.165, 1.54) is 32.1 Å². The molecule has 0 heterocycles. The third kappa shape index (κ3) is 8.53. The molecule has 0 bridgehead atoms. The van der Waals surface area contributed by atoms with E-state index in [9.17, 15) is 4.79 Å². The molecule has 78 valence electrons. The summed E-state index contributed by atoms with van der Waals surface area (Å²) >= 11 is 1.83. The molecule has 13 heavy (non-hydrogen) atoms. The summed E-state index contributed by atoms with van der Waals surface area (Å²) in [6, 6.07) is 0. The Hall–Kier alpha value is 0.200. The van der Waals surface area contributed by atoms with Crippen LogP contribution in [0.2, 0.25) is 0 Å². The minimum atomic E-state index is 0.145. The van der Waals surface area contributed by atoms with Gasteiger partial charge in [-0.3, -0.25) is 4.79 Å². The van der Waals surface area contributed by atoms with E-state index in [1.54, 1.807) is 4.90 Å². The van der Waals surface area contributed by atoms with Crippen LogP contribution in [0.25, 0.3) is 0 Å². The van der Waals surface area contributed by atoms with E-state index in [0.29, 0.717) is 0 Å². The van der Waals surface area contributed by atoms with Crippen LogP contribution in [0.3, 0.4) is 0 Å². The first-order valence-electron chi connectivity index (χ1n) is 5.09. The average Bonchev–Trinajstić information content (AvgIpc) is 2.10. The Labute approximate surface area is 95.2 Å². The summed E-state index contributed by atoms with van der Waals surface area (Å²) in [6.07, 6.45) is 7.71. The van der Waals surface area contributed by atoms with Gasteiger partial charge in [0.2, 0.25) is 0 Å². The van der Waals surface area contributed by atoms with E-state index >= 15 is 0 Å². The zero-order chi connectivity index (χ0) is 10.1. The van der Waals surface area contributed by atoms with Crippen molar-refractivity contribution >= 4 is 26.5 Å². The number of carbonyl (C=O) groups is 1. The number of halogens is 1. The van der Waals surface area contributed by atoms with E-state index in [2.05, 4.69) is 6.92 Å². The maximum atomic E-state index is 10.8. The zero-order valence-corrected chi connectivity index (χ0v) is 10.8. The van der Waals surface area contributed by atoms with Crippen LogP contribution in [-0.4, -0.2) is 22.4 Å². The van der Waals surface area contributed by atoms with Crippen molar-refractivity contribution in [3.8, 4) is 0 Å². The Morgan fingerprint density at radius 3 is 2.23 bits per heavy atom. The van der Waals surface area contributed by atoms with Crippen molar-refractivity contribution in [3.05, 3.63) is 0 Å². The maximum absolute atomic E-state index is 10.8. The summed E-state index contributed by atoms with van der Waals surface area (Å²) in [5.41, 5.74) is 0. The van der Waals surface area contributed by atoms with Crippen LogP contribution in [0.5, 0.6) is 0 Å². The van der Waals surface area contributed by atoms with Gasteiger partial charge in [0.1, 0.15) is 0 Å². The van der Waals surface area contributed by atoms with Crippen molar-refractivity contribution in [1.82, 2.24) is 4.90 Å². The summed E-state index contributed by atoms with van der Waals surface area (Å²) < 4.78 is 0.145. The second-order valence-electron chi connectivity index (χ2n) is 3.44. The molecule has 0 atom stereocenters. The normalized spacial score (nSPS) is 10.1. The average molecular weight is 297 g/mol. The fourth-order valence-electron chi connectivity index (χ4n) is 1.22. The Kier molecular flexibility index (Phi) is 8.92. The number of nitrogens with zero attached hydrogens (tertiary/aromatic N) is 1. The fourth-order valence-corrected chi connectivity index (χ4v) is 1.46. The smallest absolute Gasteiger partial charge is 0.282 e. The molecule has 0 radical (unpaired) electrons. The zero-order valence-electron chi connectivity index (χ0n) is 8.68. The molecule has 1 amide bonds. The summed E-state index contributed by atoms with van der Waals surface area (Å²) in [7, 11) is 1.86. The lowest BCUT2D eigenvalue weighted by Crippen LogP contribution is -2.21. The van der Waals surface area contributed by atoms with Crippen LogP contribution in [0, 0.1) is 0 Å². The lowest BCUT2D eigenvalue weighted by Gasteiger charge is -2.12. The first-order valence-corrected chi connectivity index (χ1v) is 6.17. The van der Waals surface area contributed by atoms with E-state index < -0.39 is 0 Å². The van der Waals surface area contributed by atoms with E-state index in [4.69, 9.17) is 0 Å². The lowest BCUT2D eigenvalue weighted by molar-refractivity contribution is 0.235. The largest absolute Gasteiger partial charge is 0.337 e. The van der Waals surface area contributed by atoms with Gasteiger partial charge in [-0.2, -0.15) is 0 Å². The van der Waals surface area contributed by atoms with Gasteiger partial charge in [0.15, 0.2) is 0 Å². The van der Waals surface area contributed by atoms with Crippen LogP contribution in [-0.2, 0) is 0 Å². The Morgan fingerprint density at radius 2 is 1.69 bits per heavy atom. The van der Waals surface area contributed by atoms with Crippen molar-refractivity contribution in [2.45, 2.75) is 45.4 Å². The Balaban J connectivity index is 3.11. The van der Waals surface area contributed by atoms with Crippen molar-refractivity contribution in [1.29, 1.82) is 0 Å². The third-order valence-electron chi connectivity index (χ3n) is 2.15. The van der Waals surface area contributed by atoms with Crippen molar-refractivity contribution in [3.63, 3.8) is 0 Å². The summed E-state index contributed by atoms with van der Waals surface area (Å²) in [6.45, 7) is 3.14. The summed E-state index contributed by atoms with van der Waals surface area (Å²) in [4.78, 5) is 12.6. The van der Waals surface area contributed by atoms with Gasteiger partial charge in [-0.25, -0.2) is 0 Å². The molecule has 0 aliphatic heterocycles. The molecule has 2 nitrogen and oxygen atoms in total. The van der Waals surface area contributed by atoms with Gasteiger partial charge in [-0.05, 0) is 6.42 Å². The molecule has 0 aromatic heterocycles. The molecule has 0 saturated carbocycles. The van der Waals surface area contributed by atoms with E-state index in [1.807, 2.05) is 29.6 Å². The van der Waals surface area contributed by atoms with Gasteiger partial charge in [-0.15, -0.1) is 0 Å². The molecule has 0 aromatic rings. The molecular formula is C10H20INO. The number of hydrogen-bond donors (Lipinski definition) is 0. The van der Waals surface area contributed by atoms with Crippen LogP contribution in [0.1, 0.15) is 45.4 Å². The molecule has 0 spiro atoms. The minimum absolute atomic E-state index is 0.145. The first kappa shape index (κ1) is 13.2. The quantitative estimate of drug-likeness (QED) is 0.303. The predicted octanol–water partition coefficient (Wildman–Crippen LogP) is 3.83. The van der Waals surface area contributed by atoms with Crippen molar-refractivity contribution < 1.29 is 4.79 Å². The minimum Gasteiger partial charge on any atom is -0.337 e. The van der Waals surface area contributed by atoms with Gasteiger partial charge in [0, 0.05) is 36.2 Å². The molecule has 0 aliphatic rings. The van der Waals surface area contributed by atoms with Crippen LogP contribution < -0.4 is 0 Å². The van der Waals surface area contributed by atoms with Gasteiger partial charge in [0.25, 0.3) is 3.91 Å². The number of unbranched alkanes of at least 4 members (excludes halogenated alkanes) is 5. The monoisotopic (exact) mass is 297 g/mol. The first-order chi connectivity index (χ1) is 6.18. The van der Waals surface area contributed by atoms with Gasteiger partial charge in [0.05, 0.1) is 0 Å². The van der Waals surface area contributed by atoms with Gasteiger partial charge >= 0.3 is 0 Å². The molecule has 0 fully saturated rings. The molecule has 0 unspecified atom stereocenters. The highest BCUT2D eigenvalue weighted by atomic mass is 127. The summed E-state index contributed by atoms with van der Waals surface area (Å²) in [5.74, 6) is 0. The predicted molar refractivity (Wildman–Crippen MR) is 65.4 cm³/mol. The van der Waals surface area contributed by atoms with Crippen LogP contribution in [0.15, 0.2) is 0 Å². The highest BCUT2D eigenvalue weighted by Gasteiger charge is 2.01. The molecule has 0 aliphatic carbocycles. The number of carbonyl (C=O) groups excluding carboxylic acids is 1. The molecule has 0 aromatic carbocycles. The molecule has 0 N–H and O–H groups in total. The Bertz CT molecular complexity index is 139. The lowest BCUT2D eigenvalue weighted by atomic mass is 10.1. The maximum Gasteiger partial charge on any atom is 0.282 e. The second-order valence-corrected chi connectivity index (χ2v) is 4.37. The topological polar surface area (TPSA) is 20.3 Å². The number of hydrogen-bond acceptors (Lipinski definition) is 1. The second kappa shape index (κ2) is 8.78. The van der Waals surface area contributed by atoms with Crippen LogP contribution >= 0.6 is 22.6 Å². The Morgan fingerprint density at radius 1 is 1.15 bits per heavy atom. The number of rotatable bonds is 7. The van der Waals surface area contributed by atoms with Crippen molar-refractivity contribution in [2.75, 3.05) is 13.6 Å². The van der Waals surface area contributed by atoms with Gasteiger partial charge in [-0.1, -0.05) is 39.0 Å². The summed E-state index contributed by atoms with van der Waals surface area (Å²) in [5, 5.41) is 0. The molecule has 3 heteroatoms. The number of amides is 1. The fraction of sp³-hybridized carbons (Fsp3) is 0.900.